The maximum Gasteiger partial charge on any atom is 0.336 e. The maximum atomic E-state index is 13.6. The van der Waals surface area contributed by atoms with Crippen LogP contribution in [0.25, 0.3) is 0 Å². The van der Waals surface area contributed by atoms with Gasteiger partial charge in [-0.3, -0.25) is 9.59 Å². The Kier molecular flexibility index (Phi) is 7.56. The minimum absolute atomic E-state index is 0.0395. The number of ether oxygens (including phenoxy) is 3. The van der Waals surface area contributed by atoms with Crippen molar-refractivity contribution in [3.63, 3.8) is 0 Å². The number of aryl methyl sites for hydroxylation is 1. The summed E-state index contributed by atoms with van der Waals surface area (Å²) < 4.78 is 15.9. The Morgan fingerprint density at radius 2 is 1.94 bits per heavy atom. The van der Waals surface area contributed by atoms with E-state index in [0.29, 0.717) is 29.9 Å². The number of nitrogens with one attached hydrogen (secondary N) is 1. The van der Waals surface area contributed by atoms with E-state index in [4.69, 9.17) is 14.2 Å². The van der Waals surface area contributed by atoms with Crippen LogP contribution < -0.4 is 5.32 Å². The molecule has 32 heavy (non-hydrogen) atoms. The van der Waals surface area contributed by atoms with Gasteiger partial charge in [0.15, 0.2) is 5.78 Å². The van der Waals surface area contributed by atoms with Gasteiger partial charge in [-0.2, -0.15) is 0 Å². The van der Waals surface area contributed by atoms with Gasteiger partial charge in [0.1, 0.15) is 12.5 Å². The molecule has 1 aliphatic carbocycles. The lowest BCUT2D eigenvalue weighted by Gasteiger charge is -2.37. The zero-order valence-corrected chi connectivity index (χ0v) is 20.3. The summed E-state index contributed by atoms with van der Waals surface area (Å²) in [4.78, 5) is 41.1. The lowest BCUT2D eigenvalue weighted by atomic mass is 9.70. The van der Waals surface area contributed by atoms with E-state index in [9.17, 15) is 14.4 Å². The lowest BCUT2D eigenvalue weighted by molar-refractivity contribution is -0.151. The van der Waals surface area contributed by atoms with Gasteiger partial charge in [-0.05, 0) is 52.2 Å². The number of thiophene rings is 1. The second-order valence-electron chi connectivity index (χ2n) is 8.54. The van der Waals surface area contributed by atoms with E-state index in [1.54, 1.807) is 0 Å². The van der Waals surface area contributed by atoms with Crippen LogP contribution in [-0.4, -0.2) is 44.1 Å². The van der Waals surface area contributed by atoms with Crippen LogP contribution in [0.5, 0.6) is 0 Å². The van der Waals surface area contributed by atoms with E-state index in [0.717, 1.165) is 15.5 Å². The zero-order chi connectivity index (χ0) is 23.6. The minimum Gasteiger partial charge on any atom is -0.468 e. The Balaban J connectivity index is 2.00. The van der Waals surface area contributed by atoms with Gasteiger partial charge in [0.25, 0.3) is 0 Å². The van der Waals surface area contributed by atoms with Crippen molar-refractivity contribution in [1.29, 1.82) is 0 Å². The summed E-state index contributed by atoms with van der Waals surface area (Å²) in [5, 5.41) is 3.26. The summed E-state index contributed by atoms with van der Waals surface area (Å²) in [5.74, 6) is -3.02. The molecule has 1 aliphatic heterocycles. The van der Waals surface area contributed by atoms with Gasteiger partial charge in [-0.1, -0.05) is 6.92 Å². The standard InChI is InChI=1S/C24H31NO6S/c1-12(2)30-9-10-31-24(28)19-15(5)25-16-11-13(3)18(23(27)29-6)22(26)20(16)21(19)17-8-7-14(4)32-17/h7-8,12-13,18,21,25H,9-11H2,1-6H3. The van der Waals surface area contributed by atoms with Crippen LogP contribution in [0.4, 0.5) is 0 Å². The van der Waals surface area contributed by atoms with Gasteiger partial charge in [0.05, 0.1) is 31.3 Å². The van der Waals surface area contributed by atoms with Crippen LogP contribution in [-0.2, 0) is 28.6 Å². The molecule has 2 heterocycles. The number of allylic oxidation sites excluding steroid dienone is 3. The zero-order valence-electron chi connectivity index (χ0n) is 19.4. The van der Waals surface area contributed by atoms with Crippen LogP contribution >= 0.6 is 11.3 Å². The van der Waals surface area contributed by atoms with Crippen LogP contribution in [0.2, 0.25) is 0 Å². The second kappa shape index (κ2) is 10.0. The third kappa shape index (κ3) is 4.81. The van der Waals surface area contributed by atoms with Crippen molar-refractivity contribution in [1.82, 2.24) is 5.32 Å². The molecule has 0 radical (unpaired) electrons. The molecule has 0 aromatic carbocycles. The summed E-state index contributed by atoms with van der Waals surface area (Å²) in [5.41, 5.74) is 2.26. The second-order valence-corrected chi connectivity index (χ2v) is 9.86. The molecule has 1 N–H and O–H groups in total. The lowest BCUT2D eigenvalue weighted by Crippen LogP contribution is -2.43. The highest BCUT2D eigenvalue weighted by atomic mass is 32.1. The van der Waals surface area contributed by atoms with Crippen molar-refractivity contribution >= 4 is 29.1 Å². The fraction of sp³-hybridized carbons (Fsp3) is 0.542. The SMILES string of the molecule is COC(=O)C1C(=O)C2=C(CC1C)NC(C)=C(C(=O)OCCOC(C)C)C2c1ccc(C)s1. The molecule has 1 aromatic rings. The van der Waals surface area contributed by atoms with Crippen molar-refractivity contribution in [2.75, 3.05) is 20.3 Å². The molecular weight excluding hydrogens is 430 g/mol. The topological polar surface area (TPSA) is 90.9 Å². The van der Waals surface area contributed by atoms with Crippen LogP contribution in [0.15, 0.2) is 34.7 Å². The molecule has 3 unspecified atom stereocenters. The monoisotopic (exact) mass is 461 g/mol. The quantitative estimate of drug-likeness (QED) is 0.377. The maximum absolute atomic E-state index is 13.6. The summed E-state index contributed by atoms with van der Waals surface area (Å²) >= 11 is 1.53. The highest BCUT2D eigenvalue weighted by Crippen LogP contribution is 2.46. The summed E-state index contributed by atoms with van der Waals surface area (Å²) in [6, 6.07) is 3.90. The van der Waals surface area contributed by atoms with Gasteiger partial charge >= 0.3 is 11.9 Å². The van der Waals surface area contributed by atoms with Crippen molar-refractivity contribution in [2.24, 2.45) is 11.8 Å². The van der Waals surface area contributed by atoms with Gasteiger partial charge in [0.2, 0.25) is 0 Å². The Hall–Kier alpha value is -2.45. The highest BCUT2D eigenvalue weighted by Gasteiger charge is 2.47. The Morgan fingerprint density at radius 1 is 1.22 bits per heavy atom. The Labute approximate surface area is 192 Å². The molecule has 7 nitrogen and oxygen atoms in total. The Bertz CT molecular complexity index is 973. The number of hydrogen-bond donors (Lipinski definition) is 1. The first-order chi connectivity index (χ1) is 15.1. The summed E-state index contributed by atoms with van der Waals surface area (Å²) in [6.45, 7) is 9.90. The van der Waals surface area contributed by atoms with Gasteiger partial charge in [0, 0.05) is 26.7 Å². The van der Waals surface area contributed by atoms with Gasteiger partial charge < -0.3 is 19.5 Å². The molecule has 1 aromatic heterocycles. The Morgan fingerprint density at radius 3 is 2.53 bits per heavy atom. The van der Waals surface area contributed by atoms with E-state index < -0.39 is 23.8 Å². The van der Waals surface area contributed by atoms with Crippen molar-refractivity contribution in [3.8, 4) is 0 Å². The molecule has 3 rings (SSSR count). The minimum atomic E-state index is -0.890. The fourth-order valence-electron chi connectivity index (χ4n) is 4.34. The summed E-state index contributed by atoms with van der Waals surface area (Å²) in [7, 11) is 1.29. The first-order valence-corrected chi connectivity index (χ1v) is 11.6. The number of carbonyl (C=O) groups excluding carboxylic acids is 3. The van der Waals surface area contributed by atoms with E-state index in [1.165, 1.54) is 18.4 Å². The molecule has 0 fully saturated rings. The molecular formula is C24H31NO6S. The van der Waals surface area contributed by atoms with E-state index in [-0.39, 0.29) is 24.4 Å². The van der Waals surface area contributed by atoms with Crippen LogP contribution in [0, 0.1) is 18.8 Å². The molecule has 0 saturated heterocycles. The smallest absolute Gasteiger partial charge is 0.336 e. The van der Waals surface area contributed by atoms with Crippen molar-refractivity contribution in [2.45, 2.75) is 53.1 Å². The number of methoxy groups -OCH3 is 1. The molecule has 3 atom stereocenters. The first-order valence-electron chi connectivity index (χ1n) is 10.8. The van der Waals surface area contributed by atoms with Gasteiger partial charge in [-0.25, -0.2) is 4.79 Å². The van der Waals surface area contributed by atoms with Gasteiger partial charge in [-0.15, -0.1) is 11.3 Å². The number of dihydropyridines is 1. The molecule has 0 amide bonds. The predicted octanol–water partition coefficient (Wildman–Crippen LogP) is 3.64. The number of esters is 2. The molecule has 0 spiro atoms. The first kappa shape index (κ1) is 24.2. The van der Waals surface area contributed by atoms with Crippen molar-refractivity contribution in [3.05, 3.63) is 44.4 Å². The van der Waals surface area contributed by atoms with Crippen LogP contribution in [0.1, 0.15) is 49.8 Å². The molecule has 0 bridgehead atoms. The molecule has 8 heteroatoms. The number of ketones is 1. The number of hydrogen-bond acceptors (Lipinski definition) is 8. The highest BCUT2D eigenvalue weighted by molar-refractivity contribution is 7.12. The molecule has 0 saturated carbocycles. The van der Waals surface area contributed by atoms with Crippen molar-refractivity contribution < 1.29 is 28.6 Å². The largest absolute Gasteiger partial charge is 0.468 e. The van der Waals surface area contributed by atoms with E-state index in [2.05, 4.69) is 5.32 Å². The molecule has 174 valence electrons. The summed E-state index contributed by atoms with van der Waals surface area (Å²) in [6.07, 6.45) is 0.557. The number of rotatable bonds is 7. The number of Topliss-reactive ketones (excluding diaryl/α,β-unsaturated/α-hetero) is 1. The van der Waals surface area contributed by atoms with Crippen LogP contribution in [0.3, 0.4) is 0 Å². The molecule has 2 aliphatic rings. The average Bonchev–Trinajstić information content (AvgIpc) is 3.15. The normalized spacial score (nSPS) is 23.2. The fourth-order valence-corrected chi connectivity index (χ4v) is 5.34. The average molecular weight is 462 g/mol. The number of carbonyl (C=O) groups is 3. The predicted molar refractivity (Wildman–Crippen MR) is 121 cm³/mol. The third-order valence-corrected chi connectivity index (χ3v) is 6.84. The van der Waals surface area contributed by atoms with E-state index >= 15 is 0 Å². The van der Waals surface area contributed by atoms with E-state index in [1.807, 2.05) is 46.8 Å². The third-order valence-electron chi connectivity index (χ3n) is 5.78.